The van der Waals surface area contributed by atoms with Crippen molar-refractivity contribution in [2.75, 3.05) is 0 Å². The normalized spacial score (nSPS) is 7.88. The SMILES string of the molecule is CC(C)=NOC(=O)Cl. The summed E-state index contributed by atoms with van der Waals surface area (Å²) in [7, 11) is 0. The number of carbonyl (C=O) groups is 1. The number of hydrogen-bond acceptors (Lipinski definition) is 3. The highest BCUT2D eigenvalue weighted by Gasteiger charge is 1.89. The van der Waals surface area contributed by atoms with E-state index in [4.69, 9.17) is 11.6 Å². The number of carbonyl (C=O) groups excluding carboxylic acids is 1. The van der Waals surface area contributed by atoms with E-state index in [0.29, 0.717) is 5.71 Å². The highest BCUT2D eigenvalue weighted by atomic mass is 35.5. The summed E-state index contributed by atoms with van der Waals surface area (Å²) in [5, 5.41) is 3.26. The van der Waals surface area contributed by atoms with Crippen LogP contribution in [0.15, 0.2) is 5.16 Å². The predicted octanol–water partition coefficient (Wildman–Crippen LogP) is 1.76. The molecule has 0 saturated carbocycles. The van der Waals surface area contributed by atoms with Gasteiger partial charge in [-0.1, -0.05) is 5.16 Å². The van der Waals surface area contributed by atoms with Crippen LogP contribution in [0.2, 0.25) is 0 Å². The molecule has 0 aromatic heterocycles. The summed E-state index contributed by atoms with van der Waals surface area (Å²) in [4.78, 5) is 13.8. The molecule has 0 aromatic carbocycles. The van der Waals surface area contributed by atoms with E-state index >= 15 is 0 Å². The number of oxime groups is 1. The molecule has 0 N–H and O–H groups in total. The Bertz CT molecular complexity index is 117. The van der Waals surface area contributed by atoms with Crippen molar-refractivity contribution in [1.29, 1.82) is 0 Å². The van der Waals surface area contributed by atoms with Crippen molar-refractivity contribution in [3.8, 4) is 0 Å². The molecule has 8 heavy (non-hydrogen) atoms. The lowest BCUT2D eigenvalue weighted by atomic mass is 10.5. The lowest BCUT2D eigenvalue weighted by Gasteiger charge is -1.86. The average molecular weight is 136 g/mol. The summed E-state index contributed by atoms with van der Waals surface area (Å²) in [6.07, 6.45) is 0. The molecule has 46 valence electrons. The van der Waals surface area contributed by atoms with Crippen LogP contribution in [0.25, 0.3) is 0 Å². The first-order valence-corrected chi connectivity index (χ1v) is 2.38. The van der Waals surface area contributed by atoms with Crippen LogP contribution in [0, 0.1) is 0 Å². The van der Waals surface area contributed by atoms with E-state index < -0.39 is 5.43 Å². The van der Waals surface area contributed by atoms with Crippen LogP contribution in [0.4, 0.5) is 4.79 Å². The van der Waals surface area contributed by atoms with Crippen LogP contribution in [-0.4, -0.2) is 11.1 Å². The number of rotatable bonds is 1. The Morgan fingerprint density at radius 1 is 1.62 bits per heavy atom. The van der Waals surface area contributed by atoms with Gasteiger partial charge in [-0.2, -0.15) is 0 Å². The maximum atomic E-state index is 9.78. The van der Waals surface area contributed by atoms with Crippen molar-refractivity contribution in [3.05, 3.63) is 0 Å². The fourth-order valence-electron chi connectivity index (χ4n) is 0.127. The molecular weight excluding hydrogens is 130 g/mol. The van der Waals surface area contributed by atoms with Gasteiger partial charge in [-0.3, -0.25) is 0 Å². The highest BCUT2D eigenvalue weighted by molar-refractivity contribution is 6.61. The molecule has 0 amide bonds. The topological polar surface area (TPSA) is 38.7 Å². The van der Waals surface area contributed by atoms with E-state index in [9.17, 15) is 4.79 Å². The molecule has 0 atom stereocenters. The molecular formula is C4H6ClNO2. The van der Waals surface area contributed by atoms with Crippen molar-refractivity contribution in [2.24, 2.45) is 5.16 Å². The Kier molecular flexibility index (Phi) is 3.19. The van der Waals surface area contributed by atoms with Crippen LogP contribution in [0.5, 0.6) is 0 Å². The molecule has 4 heteroatoms. The molecule has 0 radical (unpaired) electrons. The minimum absolute atomic E-state index is 0.652. The quantitative estimate of drug-likeness (QED) is 0.238. The van der Waals surface area contributed by atoms with Gasteiger partial charge in [-0.25, -0.2) is 4.79 Å². The third-order valence-corrected chi connectivity index (χ3v) is 0.369. The van der Waals surface area contributed by atoms with E-state index in [1.165, 1.54) is 0 Å². The third-order valence-electron chi connectivity index (χ3n) is 0.300. The van der Waals surface area contributed by atoms with Gasteiger partial charge in [0.2, 0.25) is 0 Å². The smallest absolute Gasteiger partial charge is 0.302 e. The Morgan fingerprint density at radius 2 is 2.12 bits per heavy atom. The Labute approximate surface area is 52.3 Å². The predicted molar refractivity (Wildman–Crippen MR) is 31.1 cm³/mol. The Morgan fingerprint density at radius 3 is 2.25 bits per heavy atom. The number of hydrogen-bond donors (Lipinski definition) is 0. The molecule has 0 aliphatic heterocycles. The van der Waals surface area contributed by atoms with Crippen LogP contribution < -0.4 is 0 Å². The minimum atomic E-state index is -0.911. The first-order chi connectivity index (χ1) is 3.63. The van der Waals surface area contributed by atoms with E-state index in [1.807, 2.05) is 0 Å². The largest absolute Gasteiger partial charge is 0.429 e. The summed E-state index contributed by atoms with van der Waals surface area (Å²) in [5.41, 5.74) is -0.259. The number of halogens is 1. The fourth-order valence-corrected chi connectivity index (χ4v) is 0.162. The zero-order chi connectivity index (χ0) is 6.57. The van der Waals surface area contributed by atoms with Gasteiger partial charge in [0.25, 0.3) is 0 Å². The average Bonchev–Trinajstić information content (AvgIpc) is 1.61. The molecule has 0 bridgehead atoms. The minimum Gasteiger partial charge on any atom is -0.302 e. The molecule has 0 spiro atoms. The Hall–Kier alpha value is -0.570. The molecule has 0 aliphatic rings. The lowest BCUT2D eigenvalue weighted by Crippen LogP contribution is -1.88. The van der Waals surface area contributed by atoms with Gasteiger partial charge in [0.1, 0.15) is 0 Å². The maximum absolute atomic E-state index is 9.78. The van der Waals surface area contributed by atoms with Crippen molar-refractivity contribution in [2.45, 2.75) is 13.8 Å². The van der Waals surface area contributed by atoms with Gasteiger partial charge in [0.15, 0.2) is 0 Å². The van der Waals surface area contributed by atoms with Crippen LogP contribution in [0.3, 0.4) is 0 Å². The first kappa shape index (κ1) is 7.43. The highest BCUT2D eigenvalue weighted by Crippen LogP contribution is 1.87. The van der Waals surface area contributed by atoms with Crippen LogP contribution >= 0.6 is 11.6 Å². The maximum Gasteiger partial charge on any atom is 0.429 e. The lowest BCUT2D eigenvalue weighted by molar-refractivity contribution is 0.178. The molecule has 0 heterocycles. The van der Waals surface area contributed by atoms with Gasteiger partial charge in [-0.15, -0.1) is 0 Å². The van der Waals surface area contributed by atoms with Gasteiger partial charge >= 0.3 is 5.43 Å². The second-order valence-corrected chi connectivity index (χ2v) is 1.68. The zero-order valence-electron chi connectivity index (χ0n) is 4.64. The monoisotopic (exact) mass is 135 g/mol. The summed E-state index contributed by atoms with van der Waals surface area (Å²) < 4.78 is 0. The van der Waals surface area contributed by atoms with Crippen molar-refractivity contribution >= 4 is 22.7 Å². The van der Waals surface area contributed by atoms with Crippen molar-refractivity contribution < 1.29 is 9.63 Å². The summed E-state index contributed by atoms with van der Waals surface area (Å²) in [6.45, 7) is 3.39. The summed E-state index contributed by atoms with van der Waals surface area (Å²) >= 11 is 4.75. The molecule has 0 aliphatic carbocycles. The van der Waals surface area contributed by atoms with E-state index in [2.05, 4.69) is 9.99 Å². The van der Waals surface area contributed by atoms with Gasteiger partial charge in [0, 0.05) is 11.6 Å². The Balaban J connectivity index is 3.45. The summed E-state index contributed by atoms with van der Waals surface area (Å²) in [6, 6.07) is 0. The third kappa shape index (κ3) is 5.43. The van der Waals surface area contributed by atoms with Gasteiger partial charge in [0.05, 0.1) is 5.71 Å². The molecule has 3 nitrogen and oxygen atoms in total. The molecule has 0 aromatic rings. The van der Waals surface area contributed by atoms with E-state index in [1.54, 1.807) is 13.8 Å². The zero-order valence-corrected chi connectivity index (χ0v) is 5.40. The van der Waals surface area contributed by atoms with Gasteiger partial charge < -0.3 is 4.84 Å². The van der Waals surface area contributed by atoms with E-state index in [-0.39, 0.29) is 0 Å². The first-order valence-electron chi connectivity index (χ1n) is 2.00. The van der Waals surface area contributed by atoms with Crippen molar-refractivity contribution in [3.63, 3.8) is 0 Å². The standard InChI is InChI=1S/C4H6ClNO2/c1-3(2)6-8-4(5)7/h1-2H3. The molecule has 0 unspecified atom stereocenters. The molecule has 0 rings (SSSR count). The fraction of sp³-hybridized carbons (Fsp3) is 0.500. The molecule has 0 saturated heterocycles. The van der Waals surface area contributed by atoms with Crippen LogP contribution in [-0.2, 0) is 4.84 Å². The number of nitrogens with zero attached hydrogens (tertiary/aromatic N) is 1. The van der Waals surface area contributed by atoms with Crippen molar-refractivity contribution in [1.82, 2.24) is 0 Å². The second-order valence-electron chi connectivity index (χ2n) is 1.37. The molecule has 0 fully saturated rings. The second kappa shape index (κ2) is 3.43. The van der Waals surface area contributed by atoms with Crippen LogP contribution in [0.1, 0.15) is 13.8 Å². The van der Waals surface area contributed by atoms with E-state index in [0.717, 1.165) is 0 Å². The van der Waals surface area contributed by atoms with Gasteiger partial charge in [-0.05, 0) is 13.8 Å². The summed E-state index contributed by atoms with van der Waals surface area (Å²) in [5.74, 6) is 0.